The van der Waals surface area contributed by atoms with Gasteiger partial charge in [0.1, 0.15) is 5.41 Å². The Kier molecular flexibility index (Phi) is 5.02. The van der Waals surface area contributed by atoms with E-state index in [0.717, 1.165) is 11.1 Å². The molecule has 0 heterocycles. The van der Waals surface area contributed by atoms with Crippen molar-refractivity contribution in [2.75, 3.05) is 5.32 Å². The Morgan fingerprint density at radius 2 is 1.76 bits per heavy atom. The standard InChI is InChI=1S/C19H18Cl2N2O2/c1-12-6-7-14(10-16(12)21)23-18(25)19(8-9-19)17(24)22-11-13-4-2-3-5-15(13)20/h2-7,10H,8-9,11H2,1H3,(H,22,24)(H,23,25). The lowest BCUT2D eigenvalue weighted by molar-refractivity contribution is -0.134. The van der Waals surface area contributed by atoms with Crippen LogP contribution < -0.4 is 10.6 Å². The van der Waals surface area contributed by atoms with Gasteiger partial charge in [0.25, 0.3) is 0 Å². The van der Waals surface area contributed by atoms with Crippen LogP contribution in [0.3, 0.4) is 0 Å². The molecule has 0 radical (unpaired) electrons. The smallest absolute Gasteiger partial charge is 0.240 e. The highest BCUT2D eigenvalue weighted by Crippen LogP contribution is 2.47. The molecule has 130 valence electrons. The summed E-state index contributed by atoms with van der Waals surface area (Å²) in [6.45, 7) is 2.18. The minimum absolute atomic E-state index is 0.275. The number of rotatable bonds is 5. The first-order valence-electron chi connectivity index (χ1n) is 8.02. The zero-order valence-corrected chi connectivity index (χ0v) is 15.2. The van der Waals surface area contributed by atoms with Crippen LogP contribution in [0.25, 0.3) is 0 Å². The van der Waals surface area contributed by atoms with Crippen LogP contribution in [0, 0.1) is 12.3 Å². The highest BCUT2D eigenvalue weighted by molar-refractivity contribution is 6.32. The summed E-state index contributed by atoms with van der Waals surface area (Å²) in [5.74, 6) is -0.577. The van der Waals surface area contributed by atoms with Crippen LogP contribution in [-0.4, -0.2) is 11.8 Å². The summed E-state index contributed by atoms with van der Waals surface area (Å²) in [7, 11) is 0. The van der Waals surface area contributed by atoms with Gasteiger partial charge in [-0.25, -0.2) is 0 Å². The third-order valence-electron chi connectivity index (χ3n) is 4.45. The van der Waals surface area contributed by atoms with Gasteiger partial charge in [0.05, 0.1) is 0 Å². The van der Waals surface area contributed by atoms with Crippen molar-refractivity contribution in [2.24, 2.45) is 5.41 Å². The van der Waals surface area contributed by atoms with E-state index in [4.69, 9.17) is 23.2 Å². The Balaban J connectivity index is 1.64. The number of hydrogen-bond donors (Lipinski definition) is 2. The van der Waals surface area contributed by atoms with Gasteiger partial charge in [0.15, 0.2) is 0 Å². The summed E-state index contributed by atoms with van der Waals surface area (Å²) < 4.78 is 0. The zero-order valence-electron chi connectivity index (χ0n) is 13.7. The molecule has 25 heavy (non-hydrogen) atoms. The number of carbonyl (C=O) groups excluding carboxylic acids is 2. The minimum atomic E-state index is -1.00. The molecule has 2 aromatic rings. The van der Waals surface area contributed by atoms with Gasteiger partial charge in [-0.05, 0) is 49.1 Å². The highest BCUT2D eigenvalue weighted by Gasteiger charge is 2.56. The number of amides is 2. The second kappa shape index (κ2) is 7.06. The van der Waals surface area contributed by atoms with Crippen LogP contribution in [-0.2, 0) is 16.1 Å². The van der Waals surface area contributed by atoms with E-state index in [1.54, 1.807) is 18.2 Å². The third kappa shape index (κ3) is 3.80. The lowest BCUT2D eigenvalue weighted by Crippen LogP contribution is -2.39. The van der Waals surface area contributed by atoms with Crippen LogP contribution in [0.5, 0.6) is 0 Å². The predicted molar refractivity (Wildman–Crippen MR) is 99.8 cm³/mol. The summed E-state index contributed by atoms with van der Waals surface area (Å²) in [5.41, 5.74) is 1.33. The number of hydrogen-bond acceptors (Lipinski definition) is 2. The molecule has 0 aliphatic heterocycles. The summed E-state index contributed by atoms with van der Waals surface area (Å²) in [6.07, 6.45) is 1.07. The molecule has 0 saturated heterocycles. The Labute approximate surface area is 156 Å². The fraction of sp³-hybridized carbons (Fsp3) is 0.263. The van der Waals surface area contributed by atoms with E-state index in [1.807, 2.05) is 31.2 Å². The maximum Gasteiger partial charge on any atom is 0.240 e. The SMILES string of the molecule is Cc1ccc(NC(=O)C2(C(=O)NCc3ccccc3Cl)CC2)cc1Cl. The van der Waals surface area contributed by atoms with Crippen LogP contribution in [0.4, 0.5) is 5.69 Å². The summed E-state index contributed by atoms with van der Waals surface area (Å²) >= 11 is 12.2. The molecule has 0 atom stereocenters. The van der Waals surface area contributed by atoms with Crippen molar-refractivity contribution in [3.05, 3.63) is 63.6 Å². The molecule has 2 amide bonds. The van der Waals surface area contributed by atoms with Crippen LogP contribution in [0.15, 0.2) is 42.5 Å². The molecule has 0 bridgehead atoms. The molecular formula is C19H18Cl2N2O2. The van der Waals surface area contributed by atoms with E-state index in [2.05, 4.69) is 10.6 Å². The van der Waals surface area contributed by atoms with Crippen molar-refractivity contribution in [3.63, 3.8) is 0 Å². The summed E-state index contributed by atoms with van der Waals surface area (Å²) in [4.78, 5) is 25.1. The molecule has 1 saturated carbocycles. The quantitative estimate of drug-likeness (QED) is 0.762. The van der Waals surface area contributed by atoms with E-state index in [9.17, 15) is 9.59 Å². The molecule has 1 aliphatic rings. The second-order valence-corrected chi connectivity index (χ2v) is 7.09. The Bertz CT molecular complexity index is 832. The van der Waals surface area contributed by atoms with Gasteiger partial charge >= 0.3 is 0 Å². The molecule has 2 aromatic carbocycles. The van der Waals surface area contributed by atoms with E-state index < -0.39 is 5.41 Å². The van der Waals surface area contributed by atoms with E-state index in [0.29, 0.717) is 35.1 Å². The highest BCUT2D eigenvalue weighted by atomic mass is 35.5. The average molecular weight is 377 g/mol. The molecule has 1 aliphatic carbocycles. The Morgan fingerprint density at radius 1 is 1.04 bits per heavy atom. The summed E-state index contributed by atoms with van der Waals surface area (Å²) in [5, 5.41) is 6.78. The minimum Gasteiger partial charge on any atom is -0.351 e. The molecule has 0 aromatic heterocycles. The van der Waals surface area contributed by atoms with Gasteiger partial charge in [-0.3, -0.25) is 9.59 Å². The first-order chi connectivity index (χ1) is 11.9. The van der Waals surface area contributed by atoms with Crippen LogP contribution in [0.1, 0.15) is 24.0 Å². The molecule has 6 heteroatoms. The lowest BCUT2D eigenvalue weighted by Gasteiger charge is -2.16. The molecule has 0 unspecified atom stereocenters. The first kappa shape index (κ1) is 17.8. The maximum absolute atomic E-state index is 12.6. The van der Waals surface area contributed by atoms with Crippen molar-refractivity contribution < 1.29 is 9.59 Å². The van der Waals surface area contributed by atoms with E-state index in [1.165, 1.54) is 0 Å². The van der Waals surface area contributed by atoms with E-state index >= 15 is 0 Å². The Morgan fingerprint density at radius 3 is 2.40 bits per heavy atom. The average Bonchev–Trinajstić information content (AvgIpc) is 3.39. The number of anilines is 1. The van der Waals surface area contributed by atoms with Gasteiger partial charge < -0.3 is 10.6 Å². The van der Waals surface area contributed by atoms with Gasteiger partial charge in [-0.1, -0.05) is 47.5 Å². The largest absolute Gasteiger partial charge is 0.351 e. The zero-order chi connectivity index (χ0) is 18.0. The van der Waals surface area contributed by atoms with Crippen LogP contribution in [0.2, 0.25) is 10.0 Å². The van der Waals surface area contributed by atoms with E-state index in [-0.39, 0.29) is 11.8 Å². The number of carbonyl (C=O) groups is 2. The molecule has 0 spiro atoms. The first-order valence-corrected chi connectivity index (χ1v) is 8.77. The van der Waals surface area contributed by atoms with Crippen molar-refractivity contribution in [3.8, 4) is 0 Å². The van der Waals surface area contributed by atoms with Gasteiger partial charge in [0, 0.05) is 22.3 Å². The number of nitrogens with one attached hydrogen (secondary N) is 2. The van der Waals surface area contributed by atoms with Gasteiger partial charge in [-0.2, -0.15) is 0 Å². The van der Waals surface area contributed by atoms with Crippen molar-refractivity contribution in [1.82, 2.24) is 5.32 Å². The van der Waals surface area contributed by atoms with Crippen molar-refractivity contribution in [1.29, 1.82) is 0 Å². The predicted octanol–water partition coefficient (Wildman–Crippen LogP) is 4.34. The maximum atomic E-state index is 12.6. The number of halogens is 2. The monoisotopic (exact) mass is 376 g/mol. The lowest BCUT2D eigenvalue weighted by atomic mass is 10.0. The Hall–Kier alpha value is -2.04. The number of benzene rings is 2. The van der Waals surface area contributed by atoms with Crippen LogP contribution >= 0.6 is 23.2 Å². The normalized spacial score (nSPS) is 14.7. The third-order valence-corrected chi connectivity index (χ3v) is 5.22. The molecule has 1 fully saturated rings. The topological polar surface area (TPSA) is 58.2 Å². The van der Waals surface area contributed by atoms with Crippen molar-refractivity contribution in [2.45, 2.75) is 26.3 Å². The van der Waals surface area contributed by atoms with Gasteiger partial charge in [-0.15, -0.1) is 0 Å². The van der Waals surface area contributed by atoms with Gasteiger partial charge in [0.2, 0.25) is 11.8 Å². The molecule has 4 nitrogen and oxygen atoms in total. The molecule has 2 N–H and O–H groups in total. The molecular weight excluding hydrogens is 359 g/mol. The summed E-state index contributed by atoms with van der Waals surface area (Å²) in [6, 6.07) is 12.6. The fourth-order valence-electron chi connectivity index (χ4n) is 2.59. The number of aryl methyl sites for hydroxylation is 1. The second-order valence-electron chi connectivity index (χ2n) is 6.27. The fourth-order valence-corrected chi connectivity index (χ4v) is 2.97. The van der Waals surface area contributed by atoms with Crippen molar-refractivity contribution >= 4 is 40.7 Å². The molecule has 3 rings (SSSR count).